The number of anilines is 2. The number of halogens is 1. The van der Waals surface area contributed by atoms with E-state index in [2.05, 4.69) is 9.97 Å². The van der Waals surface area contributed by atoms with Crippen molar-refractivity contribution in [2.75, 3.05) is 11.5 Å². The van der Waals surface area contributed by atoms with Crippen LogP contribution in [-0.4, -0.2) is 15.0 Å². The number of nitrogen functional groups attached to an aromatic ring is 2. The predicted molar refractivity (Wildman–Crippen MR) is 131 cm³/mol. The Hall–Kier alpha value is -4.19. The molecule has 164 valence electrons. The van der Waals surface area contributed by atoms with E-state index in [-0.39, 0.29) is 5.82 Å². The zero-order valence-corrected chi connectivity index (χ0v) is 18.2. The molecule has 0 aliphatic heterocycles. The highest BCUT2D eigenvalue weighted by Crippen LogP contribution is 2.35. The van der Waals surface area contributed by atoms with Crippen molar-refractivity contribution in [1.82, 2.24) is 15.0 Å². The number of pyridine rings is 1. The molecule has 0 saturated carbocycles. The van der Waals surface area contributed by atoms with E-state index in [0.717, 1.165) is 34.0 Å². The fraction of sp³-hybridized carbons (Fsp3) is 0.111. The van der Waals surface area contributed by atoms with Crippen LogP contribution in [-0.2, 0) is 6.42 Å². The first kappa shape index (κ1) is 20.7. The van der Waals surface area contributed by atoms with Gasteiger partial charge < -0.3 is 16.5 Å². The molecule has 2 aromatic heterocycles. The number of nitrogens with two attached hydrogens (primary N) is 2. The quantitative estimate of drug-likeness (QED) is 0.309. The molecule has 0 spiro atoms. The first-order valence-electron chi connectivity index (χ1n) is 10.9. The Morgan fingerprint density at radius 1 is 0.939 bits per heavy atom. The van der Waals surface area contributed by atoms with E-state index in [1.807, 2.05) is 67.7 Å². The molecule has 5 N–H and O–H groups in total. The summed E-state index contributed by atoms with van der Waals surface area (Å²) in [7, 11) is 0. The number of rotatable bonds is 5. The Morgan fingerprint density at radius 2 is 1.76 bits per heavy atom. The minimum absolute atomic E-state index is 0.317. The number of H-pyrrole nitrogens is 1. The first-order valence-corrected chi connectivity index (χ1v) is 10.9. The molecule has 1 atom stereocenters. The zero-order chi connectivity index (χ0) is 22.9. The normalized spacial score (nSPS) is 12.2. The molecule has 0 bridgehead atoms. The Kier molecular flexibility index (Phi) is 5.26. The van der Waals surface area contributed by atoms with Crippen LogP contribution in [0.15, 0.2) is 79.0 Å². The van der Waals surface area contributed by atoms with E-state index in [0.29, 0.717) is 28.6 Å². The molecule has 0 fully saturated rings. The number of nitrogens with zero attached hydrogens (tertiary/aromatic N) is 2. The molecule has 1 unspecified atom stereocenters. The monoisotopic (exact) mass is 437 g/mol. The molecule has 5 nitrogen and oxygen atoms in total. The summed E-state index contributed by atoms with van der Waals surface area (Å²) in [6, 6.07) is 22.4. The van der Waals surface area contributed by atoms with Gasteiger partial charge in [-0.25, -0.2) is 14.4 Å². The lowest BCUT2D eigenvalue weighted by Gasteiger charge is -2.18. The fourth-order valence-corrected chi connectivity index (χ4v) is 4.20. The van der Waals surface area contributed by atoms with Crippen molar-refractivity contribution in [2.45, 2.75) is 19.3 Å². The molecule has 2 heterocycles. The van der Waals surface area contributed by atoms with E-state index in [1.54, 1.807) is 12.1 Å². The molecule has 0 saturated heterocycles. The minimum atomic E-state index is -0.568. The third-order valence-corrected chi connectivity index (χ3v) is 5.92. The van der Waals surface area contributed by atoms with Crippen LogP contribution >= 0.6 is 0 Å². The summed E-state index contributed by atoms with van der Waals surface area (Å²) < 4.78 is 15.2. The van der Waals surface area contributed by atoms with Gasteiger partial charge in [-0.05, 0) is 47.7 Å². The second-order valence-corrected chi connectivity index (χ2v) is 8.09. The van der Waals surface area contributed by atoms with Gasteiger partial charge in [0.1, 0.15) is 17.5 Å². The number of imidazole rings is 1. The Balaban J connectivity index is 1.72. The number of nitrogens with one attached hydrogen (secondary N) is 1. The number of benzene rings is 3. The Morgan fingerprint density at radius 3 is 2.55 bits per heavy atom. The second kappa shape index (κ2) is 8.39. The maximum atomic E-state index is 15.2. The molecule has 0 amide bonds. The van der Waals surface area contributed by atoms with Crippen LogP contribution in [0.4, 0.5) is 15.9 Å². The number of hydrogen-bond donors (Lipinski definition) is 3. The molecule has 3 aromatic carbocycles. The van der Waals surface area contributed by atoms with Gasteiger partial charge in [-0.2, -0.15) is 0 Å². The van der Waals surface area contributed by atoms with E-state index in [1.165, 1.54) is 6.07 Å². The van der Waals surface area contributed by atoms with Crippen molar-refractivity contribution in [3.8, 4) is 11.3 Å². The van der Waals surface area contributed by atoms with E-state index >= 15 is 4.39 Å². The summed E-state index contributed by atoms with van der Waals surface area (Å²) in [4.78, 5) is 12.8. The van der Waals surface area contributed by atoms with Crippen LogP contribution in [0.3, 0.4) is 0 Å². The molecule has 33 heavy (non-hydrogen) atoms. The number of hydrogen-bond acceptors (Lipinski definition) is 4. The zero-order valence-electron chi connectivity index (χ0n) is 18.2. The third kappa shape index (κ3) is 3.91. The molecule has 5 rings (SSSR count). The summed E-state index contributed by atoms with van der Waals surface area (Å²) >= 11 is 0. The minimum Gasteiger partial charge on any atom is -0.399 e. The van der Waals surface area contributed by atoms with E-state index in [9.17, 15) is 0 Å². The molecular weight excluding hydrogens is 413 g/mol. The second-order valence-electron chi connectivity index (χ2n) is 8.09. The summed E-state index contributed by atoms with van der Waals surface area (Å²) in [6.07, 6.45) is 2.62. The summed E-state index contributed by atoms with van der Waals surface area (Å²) in [6.45, 7) is 2.04. The van der Waals surface area contributed by atoms with Gasteiger partial charge in [0.2, 0.25) is 0 Å². The predicted octanol–water partition coefficient (Wildman–Crippen LogP) is 5.67. The highest BCUT2D eigenvalue weighted by molar-refractivity contribution is 5.93. The lowest BCUT2D eigenvalue weighted by molar-refractivity contribution is 0.601. The van der Waals surface area contributed by atoms with Crippen molar-refractivity contribution in [3.05, 3.63) is 107 Å². The van der Waals surface area contributed by atoms with Gasteiger partial charge in [0, 0.05) is 28.4 Å². The highest BCUT2D eigenvalue weighted by atomic mass is 19.1. The van der Waals surface area contributed by atoms with Crippen LogP contribution in [0, 0.1) is 5.82 Å². The summed E-state index contributed by atoms with van der Waals surface area (Å²) in [5, 5.41) is 1.66. The average molecular weight is 438 g/mol. The maximum absolute atomic E-state index is 15.2. The van der Waals surface area contributed by atoms with Crippen LogP contribution in [0.5, 0.6) is 0 Å². The van der Waals surface area contributed by atoms with Crippen LogP contribution in [0.2, 0.25) is 0 Å². The van der Waals surface area contributed by atoms with E-state index < -0.39 is 5.92 Å². The van der Waals surface area contributed by atoms with Crippen molar-refractivity contribution in [3.63, 3.8) is 0 Å². The van der Waals surface area contributed by atoms with Crippen molar-refractivity contribution >= 4 is 22.3 Å². The van der Waals surface area contributed by atoms with Crippen molar-refractivity contribution < 1.29 is 4.39 Å². The van der Waals surface area contributed by atoms with Gasteiger partial charge in [0.15, 0.2) is 0 Å². The van der Waals surface area contributed by atoms with Gasteiger partial charge >= 0.3 is 0 Å². The fourth-order valence-electron chi connectivity index (χ4n) is 4.20. The summed E-state index contributed by atoms with van der Waals surface area (Å²) in [5.74, 6) is 0.0792. The first-order chi connectivity index (χ1) is 16.0. The number of aromatic amines is 1. The number of aromatic nitrogens is 3. The van der Waals surface area contributed by atoms with Crippen molar-refractivity contribution in [2.24, 2.45) is 0 Å². The van der Waals surface area contributed by atoms with Crippen molar-refractivity contribution in [1.29, 1.82) is 0 Å². The van der Waals surface area contributed by atoms with Crippen LogP contribution in [0.25, 0.3) is 22.0 Å². The van der Waals surface area contributed by atoms with Crippen LogP contribution in [0.1, 0.15) is 35.5 Å². The molecule has 6 heteroatoms. The van der Waals surface area contributed by atoms with Gasteiger partial charge in [0.25, 0.3) is 0 Å². The molecule has 0 aliphatic carbocycles. The largest absolute Gasteiger partial charge is 0.399 e. The smallest absolute Gasteiger partial charge is 0.131 e. The number of aryl methyl sites for hydroxylation is 1. The van der Waals surface area contributed by atoms with Gasteiger partial charge in [0.05, 0.1) is 17.3 Å². The topological polar surface area (TPSA) is 93.6 Å². The standard InChI is InChI=1S/C27H24FN5/c1-2-16-8-11-22(28)21(12-16)25(27-31-15-24(33-27)17-6-4-3-5-7-17)23-14-18-13-19(29)9-10-20(18)26(30)32-23/h3-15,25H,2,29H2,1H3,(H2,30,32)(H,31,33). The SMILES string of the molecule is CCc1ccc(F)c(C(c2cc3cc(N)ccc3c(N)n2)c2nc(-c3ccccc3)c[nH]2)c1. The van der Waals surface area contributed by atoms with Crippen LogP contribution < -0.4 is 11.5 Å². The van der Waals surface area contributed by atoms with E-state index in [4.69, 9.17) is 16.5 Å². The highest BCUT2D eigenvalue weighted by Gasteiger charge is 2.26. The molecule has 0 radical (unpaired) electrons. The molecule has 0 aliphatic rings. The Bertz CT molecular complexity index is 1440. The Labute approximate surface area is 191 Å². The third-order valence-electron chi connectivity index (χ3n) is 5.92. The molecular formula is C27H24FN5. The van der Waals surface area contributed by atoms with Gasteiger partial charge in [-0.1, -0.05) is 49.4 Å². The summed E-state index contributed by atoms with van der Waals surface area (Å²) in [5.41, 5.74) is 16.8. The van der Waals surface area contributed by atoms with Gasteiger partial charge in [-0.3, -0.25) is 0 Å². The lowest BCUT2D eigenvalue weighted by atomic mass is 9.91. The number of fused-ring (bicyclic) bond motifs is 1. The average Bonchev–Trinajstić information content (AvgIpc) is 3.30. The van der Waals surface area contributed by atoms with Gasteiger partial charge in [-0.15, -0.1) is 0 Å². The maximum Gasteiger partial charge on any atom is 0.131 e. The molecule has 5 aromatic rings. The lowest BCUT2D eigenvalue weighted by Crippen LogP contribution is -2.11.